The van der Waals surface area contributed by atoms with Crippen molar-refractivity contribution < 1.29 is 19.6 Å². The zero-order valence-electron chi connectivity index (χ0n) is 13.0. The molecule has 0 aliphatic heterocycles. The zero-order valence-corrected chi connectivity index (χ0v) is 13.0. The highest BCUT2D eigenvalue weighted by Gasteiger charge is 2.25. The molecule has 0 fully saturated rings. The lowest BCUT2D eigenvalue weighted by Gasteiger charge is -2.18. The topological polar surface area (TPSA) is 127 Å². The van der Waals surface area contributed by atoms with Crippen LogP contribution in [0.3, 0.4) is 0 Å². The van der Waals surface area contributed by atoms with Gasteiger partial charge in [0.15, 0.2) is 0 Å². The van der Waals surface area contributed by atoms with Crippen LogP contribution < -0.4 is 5.32 Å². The number of carbonyl (C=O) groups excluding carboxylic acids is 1. The smallest absolute Gasteiger partial charge is 0.326 e. The fourth-order valence-corrected chi connectivity index (χ4v) is 2.17. The number of benzene rings is 1. The molecule has 1 heterocycles. The number of nitro benzene ring substituents is 1. The van der Waals surface area contributed by atoms with E-state index in [-0.39, 0.29) is 22.9 Å². The average molecular weight is 332 g/mol. The number of nitro groups is 1. The Kier molecular flexibility index (Phi) is 4.93. The average Bonchev–Trinajstić information content (AvgIpc) is 3.05. The maximum absolute atomic E-state index is 12.2. The lowest BCUT2D eigenvalue weighted by atomic mass is 10.0. The SMILES string of the molecule is CC(C)C(NC(=O)c1ccc(-n2ccnc2)c([N+](=O)[O-])c1)C(=O)O. The van der Waals surface area contributed by atoms with Gasteiger partial charge in [-0.05, 0) is 18.1 Å². The van der Waals surface area contributed by atoms with Crippen molar-refractivity contribution in [2.75, 3.05) is 0 Å². The van der Waals surface area contributed by atoms with E-state index in [4.69, 9.17) is 5.11 Å². The minimum Gasteiger partial charge on any atom is -0.480 e. The van der Waals surface area contributed by atoms with Crippen molar-refractivity contribution in [1.29, 1.82) is 0 Å². The molecule has 0 bridgehead atoms. The Labute approximate surface area is 137 Å². The minimum atomic E-state index is -1.16. The van der Waals surface area contributed by atoms with Crippen molar-refractivity contribution in [3.05, 3.63) is 52.6 Å². The van der Waals surface area contributed by atoms with E-state index in [9.17, 15) is 19.7 Å². The Morgan fingerprint density at radius 2 is 2.08 bits per heavy atom. The van der Waals surface area contributed by atoms with E-state index < -0.39 is 22.8 Å². The first-order valence-corrected chi connectivity index (χ1v) is 7.11. The van der Waals surface area contributed by atoms with Crippen LogP contribution in [0, 0.1) is 16.0 Å². The Morgan fingerprint density at radius 1 is 1.38 bits per heavy atom. The standard InChI is InChI=1S/C15H16N4O5/c1-9(2)13(15(21)22)17-14(20)10-3-4-11(12(7-10)19(23)24)18-6-5-16-8-18/h3-9,13H,1-2H3,(H,17,20)(H,21,22). The van der Waals surface area contributed by atoms with Crippen molar-refractivity contribution in [1.82, 2.24) is 14.9 Å². The molecule has 2 aromatic rings. The first-order chi connectivity index (χ1) is 11.3. The lowest BCUT2D eigenvalue weighted by molar-refractivity contribution is -0.384. The van der Waals surface area contributed by atoms with Gasteiger partial charge in [-0.2, -0.15) is 0 Å². The molecule has 0 saturated heterocycles. The quantitative estimate of drug-likeness (QED) is 0.611. The summed E-state index contributed by atoms with van der Waals surface area (Å²) in [5.74, 6) is -2.18. The summed E-state index contributed by atoms with van der Waals surface area (Å²) in [4.78, 5) is 37.9. The number of carboxylic acids is 1. The predicted molar refractivity (Wildman–Crippen MR) is 83.9 cm³/mol. The first-order valence-electron chi connectivity index (χ1n) is 7.11. The van der Waals surface area contributed by atoms with Crippen molar-refractivity contribution in [2.24, 2.45) is 5.92 Å². The molecule has 1 aromatic heterocycles. The Balaban J connectivity index is 2.35. The number of aromatic nitrogens is 2. The first kappa shape index (κ1) is 17.1. The molecule has 9 nitrogen and oxygen atoms in total. The molecule has 0 saturated carbocycles. The number of nitrogens with zero attached hydrogens (tertiary/aromatic N) is 3. The van der Waals surface area contributed by atoms with Crippen LogP contribution in [0.25, 0.3) is 5.69 Å². The van der Waals surface area contributed by atoms with Gasteiger partial charge in [0.1, 0.15) is 11.7 Å². The van der Waals surface area contributed by atoms with Gasteiger partial charge in [-0.1, -0.05) is 13.8 Å². The molecule has 1 unspecified atom stereocenters. The molecule has 1 aromatic carbocycles. The second-order valence-corrected chi connectivity index (χ2v) is 5.46. The highest BCUT2D eigenvalue weighted by atomic mass is 16.6. The van der Waals surface area contributed by atoms with Crippen molar-refractivity contribution >= 4 is 17.6 Å². The largest absolute Gasteiger partial charge is 0.480 e. The van der Waals surface area contributed by atoms with Crippen LogP contribution in [-0.4, -0.2) is 37.5 Å². The molecular formula is C15H16N4O5. The van der Waals surface area contributed by atoms with Crippen molar-refractivity contribution in [3.63, 3.8) is 0 Å². The Bertz CT molecular complexity index is 770. The molecule has 0 spiro atoms. The summed E-state index contributed by atoms with van der Waals surface area (Å²) in [6.45, 7) is 3.31. The van der Waals surface area contributed by atoms with Crippen LogP contribution in [0.4, 0.5) is 5.69 Å². The van der Waals surface area contributed by atoms with Gasteiger partial charge in [0.05, 0.1) is 11.3 Å². The molecule has 24 heavy (non-hydrogen) atoms. The van der Waals surface area contributed by atoms with Crippen LogP contribution in [0.5, 0.6) is 0 Å². The summed E-state index contributed by atoms with van der Waals surface area (Å²) in [5, 5.41) is 22.8. The number of amides is 1. The molecule has 1 atom stereocenters. The van der Waals surface area contributed by atoms with Crippen LogP contribution in [-0.2, 0) is 4.79 Å². The van der Waals surface area contributed by atoms with Gasteiger partial charge in [0.2, 0.25) is 0 Å². The van der Waals surface area contributed by atoms with Crippen LogP contribution in [0.1, 0.15) is 24.2 Å². The van der Waals surface area contributed by atoms with Crippen molar-refractivity contribution in [3.8, 4) is 5.69 Å². The number of hydrogen-bond donors (Lipinski definition) is 2. The molecule has 2 N–H and O–H groups in total. The molecule has 0 radical (unpaired) electrons. The van der Waals surface area contributed by atoms with Crippen LogP contribution >= 0.6 is 0 Å². The van der Waals surface area contributed by atoms with E-state index in [1.807, 2.05) is 0 Å². The number of nitrogens with one attached hydrogen (secondary N) is 1. The van der Waals surface area contributed by atoms with E-state index in [0.717, 1.165) is 6.07 Å². The number of hydrogen-bond acceptors (Lipinski definition) is 5. The normalized spacial score (nSPS) is 12.0. The Morgan fingerprint density at radius 3 is 2.58 bits per heavy atom. The molecule has 0 aliphatic rings. The van der Waals surface area contributed by atoms with Gasteiger partial charge in [0.25, 0.3) is 11.6 Å². The summed E-state index contributed by atoms with van der Waals surface area (Å²) in [7, 11) is 0. The van der Waals surface area contributed by atoms with E-state index in [2.05, 4.69) is 10.3 Å². The second kappa shape index (κ2) is 6.90. The van der Waals surface area contributed by atoms with Gasteiger partial charge in [-0.3, -0.25) is 14.9 Å². The Hall–Kier alpha value is -3.23. The summed E-state index contributed by atoms with van der Waals surface area (Å²) in [6, 6.07) is 2.85. The maximum Gasteiger partial charge on any atom is 0.326 e. The fourth-order valence-electron chi connectivity index (χ4n) is 2.17. The fraction of sp³-hybridized carbons (Fsp3) is 0.267. The van der Waals surface area contributed by atoms with Gasteiger partial charge >= 0.3 is 5.97 Å². The van der Waals surface area contributed by atoms with Crippen molar-refractivity contribution in [2.45, 2.75) is 19.9 Å². The number of imidazole rings is 1. The van der Waals surface area contributed by atoms with E-state index >= 15 is 0 Å². The minimum absolute atomic E-state index is 0.0115. The molecule has 126 valence electrons. The van der Waals surface area contributed by atoms with Crippen LogP contribution in [0.15, 0.2) is 36.9 Å². The van der Waals surface area contributed by atoms with E-state index in [1.54, 1.807) is 20.0 Å². The van der Waals surface area contributed by atoms with E-state index in [1.165, 1.54) is 29.2 Å². The number of carboxylic acid groups (broad SMARTS) is 1. The van der Waals surface area contributed by atoms with Gasteiger partial charge < -0.3 is 15.0 Å². The van der Waals surface area contributed by atoms with Gasteiger partial charge in [-0.15, -0.1) is 0 Å². The summed E-state index contributed by atoms with van der Waals surface area (Å²) in [5.41, 5.74) is -0.0118. The molecule has 2 rings (SSSR count). The summed E-state index contributed by atoms with van der Waals surface area (Å²) in [6.07, 6.45) is 4.42. The number of carbonyl (C=O) groups is 2. The summed E-state index contributed by atoms with van der Waals surface area (Å²) >= 11 is 0. The maximum atomic E-state index is 12.2. The molecule has 0 aliphatic carbocycles. The van der Waals surface area contributed by atoms with Crippen LogP contribution in [0.2, 0.25) is 0 Å². The predicted octanol–water partition coefficient (Wildman–Crippen LogP) is 1.62. The van der Waals surface area contributed by atoms with E-state index in [0.29, 0.717) is 0 Å². The number of rotatable bonds is 6. The monoisotopic (exact) mass is 332 g/mol. The van der Waals surface area contributed by atoms with Gasteiger partial charge in [0, 0.05) is 24.0 Å². The molecular weight excluding hydrogens is 316 g/mol. The second-order valence-electron chi connectivity index (χ2n) is 5.46. The molecule has 9 heteroatoms. The third-order valence-electron chi connectivity index (χ3n) is 3.44. The van der Waals surface area contributed by atoms with Gasteiger partial charge in [-0.25, -0.2) is 9.78 Å². The highest BCUT2D eigenvalue weighted by molar-refractivity contribution is 5.97. The zero-order chi connectivity index (χ0) is 17.9. The lowest BCUT2D eigenvalue weighted by Crippen LogP contribution is -2.44. The number of aliphatic carboxylic acids is 1. The third-order valence-corrected chi connectivity index (χ3v) is 3.44. The summed E-state index contributed by atoms with van der Waals surface area (Å²) < 4.78 is 1.45. The third kappa shape index (κ3) is 3.57. The molecule has 1 amide bonds. The highest BCUT2D eigenvalue weighted by Crippen LogP contribution is 2.24.